The molecule has 2 aromatic heterocycles. The minimum absolute atomic E-state index is 0.137. The summed E-state index contributed by atoms with van der Waals surface area (Å²) in [5.74, 6) is -0.502. The number of hydrogen-bond acceptors (Lipinski definition) is 5. The fourth-order valence-electron chi connectivity index (χ4n) is 2.71. The van der Waals surface area contributed by atoms with Crippen molar-refractivity contribution in [3.05, 3.63) is 72.4 Å². The molecular weight excluding hydrogens is 377 g/mol. The first-order valence-corrected chi connectivity index (χ1v) is 9.53. The molecule has 0 bridgehead atoms. The fourth-order valence-corrected chi connectivity index (χ4v) is 3.47. The zero-order valence-corrected chi connectivity index (χ0v) is 15.8. The number of anilines is 1. The molecule has 0 unspecified atom stereocenters. The van der Waals surface area contributed by atoms with Gasteiger partial charge in [0.1, 0.15) is 17.2 Å². The van der Waals surface area contributed by atoms with Crippen molar-refractivity contribution in [2.45, 2.75) is 11.9 Å². The van der Waals surface area contributed by atoms with Crippen LogP contribution in [0.1, 0.15) is 5.56 Å². The van der Waals surface area contributed by atoms with Crippen molar-refractivity contribution < 1.29 is 9.18 Å². The van der Waals surface area contributed by atoms with Crippen LogP contribution in [0.4, 0.5) is 10.1 Å². The number of carbonyl (C=O) groups excluding carboxylic acids is 1. The van der Waals surface area contributed by atoms with Crippen LogP contribution < -0.4 is 5.32 Å². The third-order valence-corrected chi connectivity index (χ3v) is 5.06. The van der Waals surface area contributed by atoms with Gasteiger partial charge in [-0.2, -0.15) is 5.10 Å². The van der Waals surface area contributed by atoms with Gasteiger partial charge in [0.2, 0.25) is 5.91 Å². The van der Waals surface area contributed by atoms with Crippen LogP contribution in [0.5, 0.6) is 0 Å². The number of hydrogen-bond donors (Lipinski definition) is 1. The van der Waals surface area contributed by atoms with Crippen LogP contribution >= 0.6 is 11.8 Å². The van der Waals surface area contributed by atoms with Gasteiger partial charge in [0.05, 0.1) is 23.0 Å². The number of amides is 1. The summed E-state index contributed by atoms with van der Waals surface area (Å²) in [7, 11) is 0. The molecule has 2 aromatic carbocycles. The standard InChI is InChI=1S/C20H16FN5OS/c1-13-5-7-16(8-6-13)26-19-17(10-24-26)20(23-12-22-19)28-11-18(27)25-15-4-2-3-14(21)9-15/h2-10,12H,11H2,1H3,(H,25,27). The van der Waals surface area contributed by atoms with Gasteiger partial charge in [-0.15, -0.1) is 0 Å². The van der Waals surface area contributed by atoms with Crippen LogP contribution in [0, 0.1) is 12.7 Å². The lowest BCUT2D eigenvalue weighted by Gasteiger charge is -2.06. The van der Waals surface area contributed by atoms with E-state index in [0.29, 0.717) is 16.4 Å². The van der Waals surface area contributed by atoms with Crippen LogP contribution in [0.15, 0.2) is 66.1 Å². The first kappa shape index (κ1) is 18.1. The minimum Gasteiger partial charge on any atom is -0.325 e. The summed E-state index contributed by atoms with van der Waals surface area (Å²) in [6, 6.07) is 13.8. The van der Waals surface area contributed by atoms with Gasteiger partial charge in [-0.1, -0.05) is 35.5 Å². The number of thioether (sulfide) groups is 1. The normalized spacial score (nSPS) is 10.9. The van der Waals surface area contributed by atoms with Crippen molar-refractivity contribution in [1.29, 1.82) is 0 Å². The summed E-state index contributed by atoms with van der Waals surface area (Å²) >= 11 is 1.28. The van der Waals surface area contributed by atoms with E-state index in [-0.39, 0.29) is 11.7 Å². The Morgan fingerprint density at radius 3 is 2.79 bits per heavy atom. The molecule has 0 radical (unpaired) electrons. The largest absolute Gasteiger partial charge is 0.325 e. The average molecular weight is 393 g/mol. The van der Waals surface area contributed by atoms with Crippen molar-refractivity contribution in [2.75, 3.05) is 11.1 Å². The highest BCUT2D eigenvalue weighted by atomic mass is 32.2. The lowest BCUT2D eigenvalue weighted by atomic mass is 10.2. The molecule has 0 aliphatic rings. The van der Waals surface area contributed by atoms with E-state index in [0.717, 1.165) is 16.6 Å². The van der Waals surface area contributed by atoms with Gasteiger partial charge in [0, 0.05) is 5.69 Å². The van der Waals surface area contributed by atoms with Gasteiger partial charge >= 0.3 is 0 Å². The topological polar surface area (TPSA) is 72.7 Å². The molecule has 28 heavy (non-hydrogen) atoms. The Morgan fingerprint density at radius 2 is 2.00 bits per heavy atom. The lowest BCUT2D eigenvalue weighted by Crippen LogP contribution is -2.14. The maximum Gasteiger partial charge on any atom is 0.234 e. The summed E-state index contributed by atoms with van der Waals surface area (Å²) in [6.45, 7) is 2.02. The molecule has 4 rings (SSSR count). The predicted molar refractivity (Wildman–Crippen MR) is 107 cm³/mol. The molecule has 0 spiro atoms. The predicted octanol–water partition coefficient (Wildman–Crippen LogP) is 3.99. The highest BCUT2D eigenvalue weighted by Gasteiger charge is 2.13. The summed E-state index contributed by atoms with van der Waals surface area (Å²) in [5.41, 5.74) is 3.16. The first-order valence-electron chi connectivity index (χ1n) is 8.54. The van der Waals surface area contributed by atoms with Gasteiger partial charge in [-0.3, -0.25) is 4.79 Å². The minimum atomic E-state index is -0.397. The van der Waals surface area contributed by atoms with Gasteiger partial charge in [-0.25, -0.2) is 19.0 Å². The van der Waals surface area contributed by atoms with Gasteiger partial charge in [-0.05, 0) is 37.3 Å². The van der Waals surface area contributed by atoms with E-state index >= 15 is 0 Å². The number of aromatic nitrogens is 4. The Morgan fingerprint density at radius 1 is 1.18 bits per heavy atom. The number of nitrogens with zero attached hydrogens (tertiary/aromatic N) is 4. The highest BCUT2D eigenvalue weighted by Crippen LogP contribution is 2.26. The van der Waals surface area contributed by atoms with E-state index in [4.69, 9.17) is 0 Å². The van der Waals surface area contributed by atoms with E-state index in [1.807, 2.05) is 31.2 Å². The van der Waals surface area contributed by atoms with Crippen molar-refractivity contribution in [2.24, 2.45) is 0 Å². The number of halogens is 1. The Hall–Kier alpha value is -3.26. The van der Waals surface area contributed by atoms with E-state index in [9.17, 15) is 9.18 Å². The molecule has 2 heterocycles. The molecule has 4 aromatic rings. The number of fused-ring (bicyclic) bond motifs is 1. The van der Waals surface area contributed by atoms with Gasteiger partial charge < -0.3 is 5.32 Å². The molecule has 140 valence electrons. The second-order valence-corrected chi connectivity index (χ2v) is 7.12. The quantitative estimate of drug-likeness (QED) is 0.410. The molecule has 0 aliphatic carbocycles. The lowest BCUT2D eigenvalue weighted by molar-refractivity contribution is -0.113. The van der Waals surface area contributed by atoms with Crippen molar-refractivity contribution in [3.63, 3.8) is 0 Å². The number of rotatable bonds is 5. The van der Waals surface area contributed by atoms with E-state index < -0.39 is 5.82 Å². The van der Waals surface area contributed by atoms with Gasteiger partial charge in [0.15, 0.2) is 5.65 Å². The van der Waals surface area contributed by atoms with Crippen LogP contribution in [-0.4, -0.2) is 31.4 Å². The third-order valence-electron chi connectivity index (χ3n) is 4.06. The Kier molecular flexibility index (Phi) is 5.03. The molecule has 6 nitrogen and oxygen atoms in total. The van der Waals surface area contributed by atoms with E-state index in [1.165, 1.54) is 30.2 Å². The maximum absolute atomic E-state index is 13.2. The maximum atomic E-state index is 13.2. The second-order valence-electron chi connectivity index (χ2n) is 6.16. The molecule has 0 saturated heterocycles. The zero-order chi connectivity index (χ0) is 19.5. The monoisotopic (exact) mass is 393 g/mol. The van der Waals surface area contributed by atoms with E-state index in [2.05, 4.69) is 20.4 Å². The molecular formula is C20H16FN5OS. The van der Waals surface area contributed by atoms with Crippen LogP contribution in [0.2, 0.25) is 0 Å². The summed E-state index contributed by atoms with van der Waals surface area (Å²) < 4.78 is 15.0. The Balaban J connectivity index is 1.51. The molecule has 0 atom stereocenters. The van der Waals surface area contributed by atoms with Crippen molar-refractivity contribution in [3.8, 4) is 5.69 Å². The number of carbonyl (C=O) groups is 1. The Bertz CT molecular complexity index is 1140. The van der Waals surface area contributed by atoms with Crippen molar-refractivity contribution >= 4 is 34.4 Å². The van der Waals surface area contributed by atoms with Crippen LogP contribution in [-0.2, 0) is 4.79 Å². The first-order chi connectivity index (χ1) is 13.6. The third kappa shape index (κ3) is 3.86. The average Bonchev–Trinajstić information content (AvgIpc) is 3.12. The molecule has 1 N–H and O–H groups in total. The molecule has 8 heteroatoms. The molecule has 1 amide bonds. The molecule has 0 saturated carbocycles. The van der Waals surface area contributed by atoms with E-state index in [1.54, 1.807) is 23.0 Å². The number of aryl methyl sites for hydroxylation is 1. The molecule has 0 aliphatic heterocycles. The summed E-state index contributed by atoms with van der Waals surface area (Å²) in [4.78, 5) is 20.8. The number of nitrogens with one attached hydrogen (secondary N) is 1. The summed E-state index contributed by atoms with van der Waals surface area (Å²) in [6.07, 6.45) is 3.16. The molecule has 0 fully saturated rings. The van der Waals surface area contributed by atoms with Crippen LogP contribution in [0.25, 0.3) is 16.7 Å². The van der Waals surface area contributed by atoms with Crippen LogP contribution in [0.3, 0.4) is 0 Å². The van der Waals surface area contributed by atoms with Crippen molar-refractivity contribution in [1.82, 2.24) is 19.7 Å². The Labute approximate surface area is 164 Å². The summed E-state index contributed by atoms with van der Waals surface area (Å²) in [5, 5.41) is 8.53. The SMILES string of the molecule is Cc1ccc(-n2ncc3c(SCC(=O)Nc4cccc(F)c4)ncnc32)cc1. The highest BCUT2D eigenvalue weighted by molar-refractivity contribution is 8.00. The number of benzene rings is 2. The smallest absolute Gasteiger partial charge is 0.234 e. The van der Waals surface area contributed by atoms with Gasteiger partial charge in [0.25, 0.3) is 0 Å². The fraction of sp³-hybridized carbons (Fsp3) is 0.100. The zero-order valence-electron chi connectivity index (χ0n) is 15.0. The second kappa shape index (κ2) is 7.77.